The summed E-state index contributed by atoms with van der Waals surface area (Å²) in [5.74, 6) is -0.658. The third kappa shape index (κ3) is 3.15. The van der Waals surface area contributed by atoms with Crippen LogP contribution in [0.25, 0.3) is 0 Å². The maximum Gasteiger partial charge on any atom is 0.169 e. The van der Waals surface area contributed by atoms with E-state index in [2.05, 4.69) is 10.2 Å². The second-order valence-corrected chi connectivity index (χ2v) is 4.76. The standard InChI is InChI=1S/C14H12ClFN2O/c1-8-5-12(9(2)18-17-8)14(19)6-10-3-4-11(15)7-13(10)16/h3-5,7H,6H2,1-2H3. The van der Waals surface area contributed by atoms with Crippen LogP contribution >= 0.6 is 11.6 Å². The molecule has 0 spiro atoms. The highest BCUT2D eigenvalue weighted by atomic mass is 35.5. The highest BCUT2D eigenvalue weighted by molar-refractivity contribution is 6.30. The Morgan fingerprint density at radius 3 is 2.68 bits per heavy atom. The minimum atomic E-state index is -0.475. The summed E-state index contributed by atoms with van der Waals surface area (Å²) in [6, 6.07) is 5.95. The van der Waals surface area contributed by atoms with E-state index < -0.39 is 5.82 Å². The monoisotopic (exact) mass is 278 g/mol. The molecule has 19 heavy (non-hydrogen) atoms. The molecule has 3 nitrogen and oxygen atoms in total. The molecule has 1 heterocycles. The van der Waals surface area contributed by atoms with Gasteiger partial charge in [0.2, 0.25) is 0 Å². The number of halogens is 2. The summed E-state index contributed by atoms with van der Waals surface area (Å²) in [5, 5.41) is 8.07. The van der Waals surface area contributed by atoms with Crippen LogP contribution in [0.4, 0.5) is 4.39 Å². The third-order valence-electron chi connectivity index (χ3n) is 2.77. The van der Waals surface area contributed by atoms with Gasteiger partial charge in [-0.25, -0.2) is 4.39 Å². The number of benzene rings is 1. The molecule has 5 heteroatoms. The molecule has 98 valence electrons. The molecule has 2 rings (SSSR count). The van der Waals surface area contributed by atoms with E-state index in [1.54, 1.807) is 26.0 Å². The van der Waals surface area contributed by atoms with Gasteiger partial charge in [-0.2, -0.15) is 10.2 Å². The van der Waals surface area contributed by atoms with Crippen molar-refractivity contribution in [2.24, 2.45) is 0 Å². The van der Waals surface area contributed by atoms with Gasteiger partial charge in [0.05, 0.1) is 11.4 Å². The number of carbonyl (C=O) groups is 1. The predicted octanol–water partition coefficient (Wildman–Crippen LogP) is 3.31. The van der Waals surface area contributed by atoms with Crippen molar-refractivity contribution in [3.63, 3.8) is 0 Å². The first-order chi connectivity index (χ1) is 8.97. The zero-order chi connectivity index (χ0) is 14.0. The molecule has 0 radical (unpaired) electrons. The van der Waals surface area contributed by atoms with Crippen molar-refractivity contribution < 1.29 is 9.18 Å². The number of ketones is 1. The summed E-state index contributed by atoms with van der Waals surface area (Å²) in [5.41, 5.74) is 2.00. The van der Waals surface area contributed by atoms with E-state index in [0.29, 0.717) is 27.5 Å². The second kappa shape index (κ2) is 5.45. The number of hydrogen-bond donors (Lipinski definition) is 0. The molecule has 1 aromatic carbocycles. The van der Waals surface area contributed by atoms with Crippen molar-refractivity contribution >= 4 is 17.4 Å². The minimum absolute atomic E-state index is 0.0189. The van der Waals surface area contributed by atoms with E-state index in [-0.39, 0.29) is 12.2 Å². The van der Waals surface area contributed by atoms with Crippen LogP contribution in [0, 0.1) is 19.7 Å². The molecule has 0 saturated carbocycles. The second-order valence-electron chi connectivity index (χ2n) is 4.32. The van der Waals surface area contributed by atoms with Crippen molar-refractivity contribution in [2.75, 3.05) is 0 Å². The SMILES string of the molecule is Cc1cc(C(=O)Cc2ccc(Cl)cc2F)c(C)nn1. The van der Waals surface area contributed by atoms with Crippen LogP contribution in [0.5, 0.6) is 0 Å². The van der Waals surface area contributed by atoms with Crippen LogP contribution in [0.3, 0.4) is 0 Å². The number of aryl methyl sites for hydroxylation is 2. The number of Topliss-reactive ketones (excluding diaryl/α,β-unsaturated/α-hetero) is 1. The quantitative estimate of drug-likeness (QED) is 0.809. The average Bonchev–Trinajstić information content (AvgIpc) is 2.35. The van der Waals surface area contributed by atoms with Crippen LogP contribution in [0.15, 0.2) is 24.3 Å². The van der Waals surface area contributed by atoms with Crippen LogP contribution < -0.4 is 0 Å². The van der Waals surface area contributed by atoms with Gasteiger partial charge >= 0.3 is 0 Å². The zero-order valence-corrected chi connectivity index (χ0v) is 11.3. The van der Waals surface area contributed by atoms with Gasteiger partial charge in [0, 0.05) is 17.0 Å². The van der Waals surface area contributed by atoms with Gasteiger partial charge < -0.3 is 0 Å². The fourth-order valence-corrected chi connectivity index (χ4v) is 1.92. The molecule has 2 aromatic rings. The number of hydrogen-bond acceptors (Lipinski definition) is 3. The van der Waals surface area contributed by atoms with Crippen LogP contribution in [-0.4, -0.2) is 16.0 Å². The molecule has 0 atom stereocenters. The maximum absolute atomic E-state index is 13.6. The summed E-state index contributed by atoms with van der Waals surface area (Å²) in [6.07, 6.45) is -0.0189. The van der Waals surface area contributed by atoms with E-state index in [1.165, 1.54) is 12.1 Å². The van der Waals surface area contributed by atoms with Gasteiger partial charge in [0.25, 0.3) is 0 Å². The van der Waals surface area contributed by atoms with Crippen molar-refractivity contribution in [1.29, 1.82) is 0 Å². The summed E-state index contributed by atoms with van der Waals surface area (Å²) in [7, 11) is 0. The van der Waals surface area contributed by atoms with E-state index >= 15 is 0 Å². The molecule has 0 amide bonds. The Bertz CT molecular complexity index is 643. The predicted molar refractivity (Wildman–Crippen MR) is 71.0 cm³/mol. The molecule has 0 N–H and O–H groups in total. The molecule has 0 bridgehead atoms. The van der Waals surface area contributed by atoms with Crippen LogP contribution in [0.2, 0.25) is 5.02 Å². The van der Waals surface area contributed by atoms with Gasteiger partial charge in [-0.3, -0.25) is 4.79 Å². The molecule has 0 unspecified atom stereocenters. The lowest BCUT2D eigenvalue weighted by Crippen LogP contribution is -2.09. The minimum Gasteiger partial charge on any atom is -0.294 e. The van der Waals surface area contributed by atoms with Crippen molar-refractivity contribution in [3.8, 4) is 0 Å². The Kier molecular flexibility index (Phi) is 3.90. The Morgan fingerprint density at radius 2 is 2.00 bits per heavy atom. The number of rotatable bonds is 3. The van der Waals surface area contributed by atoms with E-state index in [9.17, 15) is 9.18 Å². The van der Waals surface area contributed by atoms with Gasteiger partial charge in [-0.15, -0.1) is 0 Å². The lowest BCUT2D eigenvalue weighted by molar-refractivity contribution is 0.0990. The van der Waals surface area contributed by atoms with Gasteiger partial charge in [0.15, 0.2) is 5.78 Å². The Hall–Kier alpha value is -1.81. The smallest absolute Gasteiger partial charge is 0.169 e. The topological polar surface area (TPSA) is 42.9 Å². The van der Waals surface area contributed by atoms with Crippen LogP contribution in [0.1, 0.15) is 27.3 Å². The summed E-state index contributed by atoms with van der Waals surface area (Å²) < 4.78 is 13.6. The number of nitrogens with zero attached hydrogens (tertiary/aromatic N) is 2. The molecular formula is C14H12ClFN2O. The zero-order valence-electron chi connectivity index (χ0n) is 10.6. The van der Waals surface area contributed by atoms with E-state index in [1.807, 2.05) is 0 Å². The Balaban J connectivity index is 2.28. The van der Waals surface area contributed by atoms with E-state index in [0.717, 1.165) is 0 Å². The number of carbonyl (C=O) groups excluding carboxylic acids is 1. The highest BCUT2D eigenvalue weighted by Gasteiger charge is 2.14. The molecular weight excluding hydrogens is 267 g/mol. The van der Waals surface area contributed by atoms with Crippen molar-refractivity contribution in [1.82, 2.24) is 10.2 Å². The Labute approximate surface area is 115 Å². The maximum atomic E-state index is 13.6. The highest BCUT2D eigenvalue weighted by Crippen LogP contribution is 2.17. The largest absolute Gasteiger partial charge is 0.294 e. The normalized spacial score (nSPS) is 10.5. The molecule has 1 aromatic heterocycles. The van der Waals surface area contributed by atoms with Gasteiger partial charge in [-0.05, 0) is 37.6 Å². The van der Waals surface area contributed by atoms with E-state index in [4.69, 9.17) is 11.6 Å². The molecule has 0 aliphatic heterocycles. The summed E-state index contributed by atoms with van der Waals surface area (Å²) in [6.45, 7) is 3.46. The summed E-state index contributed by atoms with van der Waals surface area (Å²) >= 11 is 5.67. The molecule has 0 fully saturated rings. The van der Waals surface area contributed by atoms with Gasteiger partial charge in [-0.1, -0.05) is 17.7 Å². The van der Waals surface area contributed by atoms with Crippen LogP contribution in [-0.2, 0) is 6.42 Å². The fourth-order valence-electron chi connectivity index (χ4n) is 1.77. The fraction of sp³-hybridized carbons (Fsp3) is 0.214. The third-order valence-corrected chi connectivity index (χ3v) is 3.00. The van der Waals surface area contributed by atoms with Crippen molar-refractivity contribution in [3.05, 3.63) is 57.6 Å². The average molecular weight is 279 g/mol. The lowest BCUT2D eigenvalue weighted by atomic mass is 10.0. The van der Waals surface area contributed by atoms with Gasteiger partial charge in [0.1, 0.15) is 5.82 Å². The Morgan fingerprint density at radius 1 is 1.26 bits per heavy atom. The molecule has 0 aliphatic rings. The first-order valence-corrected chi connectivity index (χ1v) is 6.13. The molecule has 0 saturated heterocycles. The molecule has 0 aliphatic carbocycles. The lowest BCUT2D eigenvalue weighted by Gasteiger charge is -2.06. The first-order valence-electron chi connectivity index (χ1n) is 5.75. The number of aromatic nitrogens is 2. The van der Waals surface area contributed by atoms with Crippen molar-refractivity contribution in [2.45, 2.75) is 20.3 Å². The summed E-state index contributed by atoms with van der Waals surface area (Å²) in [4.78, 5) is 12.2. The first kappa shape index (κ1) is 13.6.